The fraction of sp³-hybridized carbons (Fsp3) is 0.133. The van der Waals surface area contributed by atoms with E-state index in [-0.39, 0.29) is 16.3 Å². The molecule has 1 atom stereocenters. The lowest BCUT2D eigenvalue weighted by Gasteiger charge is -2.15. The molecule has 0 radical (unpaired) electrons. The highest BCUT2D eigenvalue weighted by Crippen LogP contribution is 2.21. The van der Waals surface area contributed by atoms with E-state index in [0.717, 1.165) is 0 Å². The van der Waals surface area contributed by atoms with E-state index in [2.05, 4.69) is 4.72 Å². The van der Waals surface area contributed by atoms with Crippen molar-refractivity contribution in [1.29, 1.82) is 0 Å². The zero-order valence-corrected chi connectivity index (χ0v) is 14.1. The second kappa shape index (κ2) is 7.31. The van der Waals surface area contributed by atoms with Gasteiger partial charge in [0.15, 0.2) is 0 Å². The molecular weight excluding hydrogens is 361 g/mol. The molecule has 0 spiro atoms. The first-order valence-corrected chi connectivity index (χ1v) is 8.77. The average molecular weight is 374 g/mol. The number of carbonyl (C=O) groups is 1. The van der Waals surface area contributed by atoms with Gasteiger partial charge in [0.25, 0.3) is 0 Å². The number of rotatable bonds is 6. The SMILES string of the molecule is O=C(O)[C@H](Cc1ccc(Cl)cc1)NS(=O)(=O)c1ccccc1Cl. The van der Waals surface area contributed by atoms with Gasteiger partial charge in [0.1, 0.15) is 10.9 Å². The van der Waals surface area contributed by atoms with Crippen LogP contribution >= 0.6 is 23.2 Å². The van der Waals surface area contributed by atoms with Crippen LogP contribution in [0.15, 0.2) is 53.4 Å². The molecule has 0 bridgehead atoms. The Morgan fingerprint density at radius 2 is 1.70 bits per heavy atom. The minimum Gasteiger partial charge on any atom is -0.480 e. The van der Waals surface area contributed by atoms with Crippen LogP contribution in [0.2, 0.25) is 10.0 Å². The smallest absolute Gasteiger partial charge is 0.322 e. The van der Waals surface area contributed by atoms with Crippen LogP contribution in [0.25, 0.3) is 0 Å². The van der Waals surface area contributed by atoms with Gasteiger partial charge in [-0.25, -0.2) is 8.42 Å². The van der Waals surface area contributed by atoms with Gasteiger partial charge in [-0.2, -0.15) is 4.72 Å². The van der Waals surface area contributed by atoms with Crippen LogP contribution in [0.5, 0.6) is 0 Å². The Morgan fingerprint density at radius 3 is 2.26 bits per heavy atom. The third-order valence-electron chi connectivity index (χ3n) is 3.07. The van der Waals surface area contributed by atoms with Crippen molar-refractivity contribution in [1.82, 2.24) is 4.72 Å². The van der Waals surface area contributed by atoms with Gasteiger partial charge in [-0.05, 0) is 36.2 Å². The maximum atomic E-state index is 12.3. The number of carboxylic acid groups (broad SMARTS) is 1. The van der Waals surface area contributed by atoms with Crippen molar-refractivity contribution in [2.24, 2.45) is 0 Å². The van der Waals surface area contributed by atoms with Crippen LogP contribution < -0.4 is 4.72 Å². The lowest BCUT2D eigenvalue weighted by atomic mass is 10.1. The number of sulfonamides is 1. The van der Waals surface area contributed by atoms with Crippen LogP contribution in [0, 0.1) is 0 Å². The summed E-state index contributed by atoms with van der Waals surface area (Å²) in [6.45, 7) is 0. The third-order valence-corrected chi connectivity index (χ3v) is 5.30. The standard InChI is InChI=1S/C15H13Cl2NO4S/c16-11-7-5-10(6-8-11)9-13(15(19)20)18-23(21,22)14-4-2-1-3-12(14)17/h1-8,13,18H,9H2,(H,19,20)/t13-/m0/s1. The molecule has 0 heterocycles. The summed E-state index contributed by atoms with van der Waals surface area (Å²) in [6, 6.07) is 11.0. The van der Waals surface area contributed by atoms with E-state index in [1.165, 1.54) is 18.2 Å². The van der Waals surface area contributed by atoms with Gasteiger partial charge in [-0.3, -0.25) is 4.79 Å². The molecule has 0 fully saturated rings. The van der Waals surface area contributed by atoms with Crippen molar-refractivity contribution in [3.8, 4) is 0 Å². The molecule has 0 unspecified atom stereocenters. The Balaban J connectivity index is 2.24. The maximum absolute atomic E-state index is 12.3. The summed E-state index contributed by atoms with van der Waals surface area (Å²) < 4.78 is 26.8. The minimum atomic E-state index is -4.05. The van der Waals surface area contributed by atoms with Crippen LogP contribution in [0.3, 0.4) is 0 Å². The molecule has 5 nitrogen and oxygen atoms in total. The fourth-order valence-corrected chi connectivity index (χ4v) is 3.78. The minimum absolute atomic E-state index is 0.0177. The predicted molar refractivity (Wildman–Crippen MR) is 88.4 cm³/mol. The lowest BCUT2D eigenvalue weighted by Crippen LogP contribution is -2.42. The lowest BCUT2D eigenvalue weighted by molar-refractivity contribution is -0.138. The molecule has 0 aliphatic carbocycles. The molecule has 2 aromatic carbocycles. The Morgan fingerprint density at radius 1 is 1.09 bits per heavy atom. The van der Waals surface area contributed by atoms with Crippen LogP contribution in [0.4, 0.5) is 0 Å². The van der Waals surface area contributed by atoms with Gasteiger partial charge in [-0.1, -0.05) is 47.5 Å². The van der Waals surface area contributed by atoms with E-state index in [1.807, 2.05) is 0 Å². The summed E-state index contributed by atoms with van der Waals surface area (Å²) in [5, 5.41) is 9.82. The normalized spacial score (nSPS) is 12.8. The molecule has 2 N–H and O–H groups in total. The van der Waals surface area contributed by atoms with Crippen molar-refractivity contribution in [3.63, 3.8) is 0 Å². The van der Waals surface area contributed by atoms with Gasteiger partial charge in [0.05, 0.1) is 5.02 Å². The molecule has 2 rings (SSSR count). The van der Waals surface area contributed by atoms with Crippen molar-refractivity contribution < 1.29 is 18.3 Å². The van der Waals surface area contributed by atoms with E-state index >= 15 is 0 Å². The van der Waals surface area contributed by atoms with Crippen LogP contribution in [-0.4, -0.2) is 25.5 Å². The van der Waals surface area contributed by atoms with Crippen molar-refractivity contribution >= 4 is 39.2 Å². The highest BCUT2D eigenvalue weighted by molar-refractivity contribution is 7.89. The summed E-state index contributed by atoms with van der Waals surface area (Å²) in [5.74, 6) is -1.28. The quantitative estimate of drug-likeness (QED) is 0.814. The second-order valence-electron chi connectivity index (χ2n) is 4.77. The summed E-state index contributed by atoms with van der Waals surface area (Å²) in [6.07, 6.45) is -0.0177. The van der Waals surface area contributed by atoms with Gasteiger partial charge < -0.3 is 5.11 Å². The van der Waals surface area contributed by atoms with Gasteiger partial charge in [0, 0.05) is 5.02 Å². The first kappa shape index (κ1) is 17.7. The van der Waals surface area contributed by atoms with Crippen molar-refractivity contribution in [2.75, 3.05) is 0 Å². The van der Waals surface area contributed by atoms with E-state index in [1.54, 1.807) is 30.3 Å². The van der Waals surface area contributed by atoms with Gasteiger partial charge in [0.2, 0.25) is 10.0 Å². The van der Waals surface area contributed by atoms with E-state index in [0.29, 0.717) is 10.6 Å². The Labute approximate surface area is 143 Å². The molecule has 8 heteroatoms. The Kier molecular flexibility index (Phi) is 5.64. The van der Waals surface area contributed by atoms with Crippen molar-refractivity contribution in [2.45, 2.75) is 17.4 Å². The van der Waals surface area contributed by atoms with E-state index in [9.17, 15) is 18.3 Å². The first-order chi connectivity index (χ1) is 10.8. The second-order valence-corrected chi connectivity index (χ2v) is 7.30. The summed E-state index contributed by atoms with van der Waals surface area (Å²) in [5.41, 5.74) is 0.642. The van der Waals surface area contributed by atoms with E-state index < -0.39 is 22.0 Å². The number of carboxylic acids is 1. The number of benzene rings is 2. The molecule has 0 amide bonds. The molecule has 122 valence electrons. The molecular formula is C15H13Cl2NO4S. The number of halogens is 2. The molecule has 0 aliphatic rings. The predicted octanol–water partition coefficient (Wildman–Crippen LogP) is 2.97. The molecule has 2 aromatic rings. The molecule has 0 saturated carbocycles. The Hall–Kier alpha value is -1.60. The molecule has 0 aromatic heterocycles. The summed E-state index contributed by atoms with van der Waals surface area (Å²) in [7, 11) is -4.05. The number of hydrogen-bond acceptors (Lipinski definition) is 3. The fourth-order valence-electron chi connectivity index (χ4n) is 1.95. The van der Waals surface area contributed by atoms with Crippen LogP contribution in [0.1, 0.15) is 5.56 Å². The number of hydrogen-bond donors (Lipinski definition) is 2. The zero-order valence-electron chi connectivity index (χ0n) is 11.7. The highest BCUT2D eigenvalue weighted by Gasteiger charge is 2.27. The topological polar surface area (TPSA) is 83.5 Å². The first-order valence-electron chi connectivity index (χ1n) is 6.54. The summed E-state index contributed by atoms with van der Waals surface area (Å²) in [4.78, 5) is 11.2. The molecule has 23 heavy (non-hydrogen) atoms. The largest absolute Gasteiger partial charge is 0.480 e. The maximum Gasteiger partial charge on any atom is 0.322 e. The third kappa shape index (κ3) is 4.68. The average Bonchev–Trinajstić information content (AvgIpc) is 2.48. The van der Waals surface area contributed by atoms with Crippen molar-refractivity contribution in [3.05, 3.63) is 64.1 Å². The molecule has 0 aliphatic heterocycles. The zero-order chi connectivity index (χ0) is 17.0. The monoisotopic (exact) mass is 373 g/mol. The Bertz CT molecular complexity index is 806. The number of nitrogens with one attached hydrogen (secondary N) is 1. The number of aliphatic carboxylic acids is 1. The molecule has 0 saturated heterocycles. The summed E-state index contributed by atoms with van der Waals surface area (Å²) >= 11 is 11.6. The van der Waals surface area contributed by atoms with Gasteiger partial charge >= 0.3 is 5.97 Å². The van der Waals surface area contributed by atoms with E-state index in [4.69, 9.17) is 23.2 Å². The van der Waals surface area contributed by atoms with Gasteiger partial charge in [-0.15, -0.1) is 0 Å². The highest BCUT2D eigenvalue weighted by atomic mass is 35.5. The van der Waals surface area contributed by atoms with Crippen LogP contribution in [-0.2, 0) is 21.2 Å².